The van der Waals surface area contributed by atoms with Gasteiger partial charge in [0.1, 0.15) is 5.82 Å². The molecule has 0 amide bonds. The van der Waals surface area contributed by atoms with E-state index in [0.29, 0.717) is 5.82 Å². The summed E-state index contributed by atoms with van der Waals surface area (Å²) in [5, 5.41) is 0. The number of carbonyl (C=O) groups is 1. The summed E-state index contributed by atoms with van der Waals surface area (Å²) in [5.74, 6) is 1.13. The van der Waals surface area contributed by atoms with E-state index in [4.69, 9.17) is 0 Å². The van der Waals surface area contributed by atoms with Crippen molar-refractivity contribution in [2.24, 2.45) is 0 Å². The fraction of sp³-hybridized carbons (Fsp3) is 0.545. The highest BCUT2D eigenvalue weighted by molar-refractivity contribution is 5.90. The van der Waals surface area contributed by atoms with Crippen molar-refractivity contribution in [3.8, 4) is 0 Å². The average molecular weight is 205 g/mol. The van der Waals surface area contributed by atoms with Crippen LogP contribution in [0.5, 0.6) is 0 Å². The van der Waals surface area contributed by atoms with Crippen molar-refractivity contribution in [1.29, 1.82) is 0 Å². The van der Waals surface area contributed by atoms with Gasteiger partial charge in [0.05, 0.1) is 0 Å². The van der Waals surface area contributed by atoms with E-state index in [1.807, 2.05) is 6.07 Å². The summed E-state index contributed by atoms with van der Waals surface area (Å²) in [7, 11) is 0. The summed E-state index contributed by atoms with van der Waals surface area (Å²) in [6, 6.07) is 1.87. The first-order chi connectivity index (χ1) is 7.27. The first-order valence-corrected chi connectivity index (χ1v) is 5.36. The van der Waals surface area contributed by atoms with Gasteiger partial charge in [-0.1, -0.05) is 0 Å². The molecule has 1 aliphatic heterocycles. The maximum Gasteiger partial charge on any atom is 0.197 e. The normalized spacial score (nSPS) is 16.5. The van der Waals surface area contributed by atoms with E-state index in [1.165, 1.54) is 26.2 Å². The second-order valence-electron chi connectivity index (χ2n) is 3.84. The first kappa shape index (κ1) is 10.1. The third-order valence-corrected chi connectivity index (χ3v) is 2.64. The van der Waals surface area contributed by atoms with Crippen molar-refractivity contribution < 1.29 is 4.79 Å². The van der Waals surface area contributed by atoms with Crippen LogP contribution in [0.4, 0.5) is 5.82 Å². The van der Waals surface area contributed by atoms with Crippen LogP contribution in [0.3, 0.4) is 0 Å². The topological polar surface area (TPSA) is 46.1 Å². The third kappa shape index (κ3) is 2.32. The summed E-state index contributed by atoms with van der Waals surface area (Å²) in [6.45, 7) is 3.57. The zero-order valence-electron chi connectivity index (χ0n) is 8.94. The van der Waals surface area contributed by atoms with Crippen molar-refractivity contribution in [2.75, 3.05) is 18.0 Å². The number of carbonyl (C=O) groups excluding carboxylic acids is 1. The standard InChI is InChI=1S/C11H15N3O/c1-9(15)11-12-6-5-10(13-11)14-7-3-2-4-8-14/h5-6H,2-4,7-8H2,1H3. The molecule has 15 heavy (non-hydrogen) atoms. The highest BCUT2D eigenvalue weighted by atomic mass is 16.1. The number of nitrogens with zero attached hydrogens (tertiary/aromatic N) is 3. The van der Waals surface area contributed by atoms with E-state index in [9.17, 15) is 4.79 Å². The molecule has 0 bridgehead atoms. The molecule has 2 heterocycles. The van der Waals surface area contributed by atoms with Crippen LogP contribution in [0, 0.1) is 0 Å². The van der Waals surface area contributed by atoms with Crippen molar-refractivity contribution >= 4 is 11.6 Å². The second-order valence-corrected chi connectivity index (χ2v) is 3.84. The van der Waals surface area contributed by atoms with Crippen molar-refractivity contribution in [3.05, 3.63) is 18.1 Å². The Morgan fingerprint density at radius 2 is 2.07 bits per heavy atom. The lowest BCUT2D eigenvalue weighted by Crippen LogP contribution is -2.30. The molecule has 0 atom stereocenters. The molecule has 4 nitrogen and oxygen atoms in total. The van der Waals surface area contributed by atoms with Gasteiger partial charge in [0.25, 0.3) is 0 Å². The van der Waals surface area contributed by atoms with Crippen LogP contribution in [0.25, 0.3) is 0 Å². The van der Waals surface area contributed by atoms with Crippen LogP contribution in [0.2, 0.25) is 0 Å². The van der Waals surface area contributed by atoms with E-state index < -0.39 is 0 Å². The van der Waals surface area contributed by atoms with Crippen LogP contribution >= 0.6 is 0 Å². The van der Waals surface area contributed by atoms with Crippen LogP contribution in [-0.4, -0.2) is 28.8 Å². The van der Waals surface area contributed by atoms with Gasteiger partial charge in [0.15, 0.2) is 11.6 Å². The SMILES string of the molecule is CC(=O)c1nccc(N2CCCCC2)n1. The van der Waals surface area contributed by atoms with E-state index in [-0.39, 0.29) is 5.78 Å². The van der Waals surface area contributed by atoms with E-state index in [2.05, 4.69) is 14.9 Å². The smallest absolute Gasteiger partial charge is 0.197 e. The first-order valence-electron chi connectivity index (χ1n) is 5.36. The molecule has 0 unspecified atom stereocenters. The van der Waals surface area contributed by atoms with Crippen molar-refractivity contribution in [3.63, 3.8) is 0 Å². The maximum atomic E-state index is 11.1. The summed E-state index contributed by atoms with van der Waals surface area (Å²) >= 11 is 0. The molecule has 1 saturated heterocycles. The van der Waals surface area contributed by atoms with E-state index in [1.54, 1.807) is 6.20 Å². The number of ketones is 1. The molecule has 1 aliphatic rings. The zero-order valence-corrected chi connectivity index (χ0v) is 8.94. The molecule has 0 aromatic carbocycles. The van der Waals surface area contributed by atoms with Gasteiger partial charge in [0, 0.05) is 26.2 Å². The molecule has 0 aliphatic carbocycles. The van der Waals surface area contributed by atoms with Gasteiger partial charge in [-0.15, -0.1) is 0 Å². The van der Waals surface area contributed by atoms with E-state index >= 15 is 0 Å². The molecular formula is C11H15N3O. The van der Waals surface area contributed by atoms with Gasteiger partial charge in [-0.2, -0.15) is 0 Å². The number of hydrogen-bond acceptors (Lipinski definition) is 4. The molecule has 0 saturated carbocycles. The highest BCUT2D eigenvalue weighted by Gasteiger charge is 2.13. The summed E-state index contributed by atoms with van der Waals surface area (Å²) in [5.41, 5.74) is 0. The lowest BCUT2D eigenvalue weighted by molar-refractivity contribution is 0.100. The monoisotopic (exact) mass is 205 g/mol. The fourth-order valence-corrected chi connectivity index (χ4v) is 1.82. The Morgan fingerprint density at radius 1 is 1.33 bits per heavy atom. The van der Waals surface area contributed by atoms with Crippen molar-refractivity contribution in [2.45, 2.75) is 26.2 Å². The minimum atomic E-state index is -0.0751. The van der Waals surface area contributed by atoms with Gasteiger partial charge in [-0.25, -0.2) is 9.97 Å². The molecule has 0 N–H and O–H groups in total. The number of anilines is 1. The fourth-order valence-electron chi connectivity index (χ4n) is 1.82. The summed E-state index contributed by atoms with van der Waals surface area (Å²) in [4.78, 5) is 21.6. The largest absolute Gasteiger partial charge is 0.357 e. The Labute approximate surface area is 89.3 Å². The molecule has 1 aromatic rings. The second kappa shape index (κ2) is 4.38. The number of rotatable bonds is 2. The summed E-state index contributed by atoms with van der Waals surface area (Å²) < 4.78 is 0. The minimum Gasteiger partial charge on any atom is -0.357 e. The van der Waals surface area contributed by atoms with Gasteiger partial charge in [0.2, 0.25) is 0 Å². The van der Waals surface area contributed by atoms with Gasteiger partial charge < -0.3 is 4.90 Å². The number of Topliss-reactive ketones (excluding diaryl/α,β-unsaturated/α-hetero) is 1. The van der Waals surface area contributed by atoms with E-state index in [0.717, 1.165) is 18.9 Å². The quantitative estimate of drug-likeness (QED) is 0.689. The van der Waals surface area contributed by atoms with Crippen LogP contribution < -0.4 is 4.90 Å². The molecule has 0 spiro atoms. The minimum absolute atomic E-state index is 0.0751. The molecule has 4 heteroatoms. The van der Waals surface area contributed by atoms with Gasteiger partial charge in [-0.05, 0) is 25.3 Å². The third-order valence-electron chi connectivity index (χ3n) is 2.64. The highest BCUT2D eigenvalue weighted by Crippen LogP contribution is 2.16. The Hall–Kier alpha value is -1.45. The van der Waals surface area contributed by atoms with Crippen LogP contribution in [-0.2, 0) is 0 Å². The molecule has 1 aromatic heterocycles. The molecule has 80 valence electrons. The lowest BCUT2D eigenvalue weighted by atomic mass is 10.1. The Balaban J connectivity index is 2.19. The summed E-state index contributed by atoms with van der Waals surface area (Å²) in [6.07, 6.45) is 5.37. The maximum absolute atomic E-state index is 11.1. The number of piperidine rings is 1. The predicted molar refractivity (Wildman–Crippen MR) is 58.1 cm³/mol. The zero-order chi connectivity index (χ0) is 10.7. The molecule has 2 rings (SSSR count). The van der Waals surface area contributed by atoms with Crippen LogP contribution in [0.1, 0.15) is 36.8 Å². The lowest BCUT2D eigenvalue weighted by Gasteiger charge is -2.27. The predicted octanol–water partition coefficient (Wildman–Crippen LogP) is 1.67. The van der Waals surface area contributed by atoms with Gasteiger partial charge >= 0.3 is 0 Å². The molecule has 0 radical (unpaired) electrons. The molecule has 1 fully saturated rings. The number of hydrogen-bond donors (Lipinski definition) is 0. The number of aromatic nitrogens is 2. The average Bonchev–Trinajstić information content (AvgIpc) is 2.30. The Bertz CT molecular complexity index is 359. The van der Waals surface area contributed by atoms with Gasteiger partial charge in [-0.3, -0.25) is 4.79 Å². The Morgan fingerprint density at radius 3 is 2.73 bits per heavy atom. The van der Waals surface area contributed by atoms with Crippen LogP contribution in [0.15, 0.2) is 12.3 Å². The Kier molecular flexibility index (Phi) is 2.94. The van der Waals surface area contributed by atoms with Crippen molar-refractivity contribution in [1.82, 2.24) is 9.97 Å². The molecular weight excluding hydrogens is 190 g/mol.